The van der Waals surface area contributed by atoms with Gasteiger partial charge in [0.05, 0.1) is 29.4 Å². The standard InChI is InChI=1S/C17H18FN3O3/c1-11-12(10-19-21(11)14-6-3-2-5-13(14)18)16(24)20-17(7-4-8-17)9-15(22)23/h2-3,5-6,10H,4,7-9H2,1H3,(H,20,24)(H,22,23). The van der Waals surface area contributed by atoms with Crippen LogP contribution < -0.4 is 5.32 Å². The van der Waals surface area contributed by atoms with Crippen molar-refractivity contribution in [2.75, 3.05) is 0 Å². The highest BCUT2D eigenvalue weighted by Crippen LogP contribution is 2.35. The highest BCUT2D eigenvalue weighted by atomic mass is 19.1. The molecule has 1 heterocycles. The van der Waals surface area contributed by atoms with Gasteiger partial charge in [-0.1, -0.05) is 12.1 Å². The van der Waals surface area contributed by atoms with Crippen molar-refractivity contribution in [1.82, 2.24) is 15.1 Å². The van der Waals surface area contributed by atoms with Gasteiger partial charge in [0.2, 0.25) is 0 Å². The number of aliphatic carboxylic acids is 1. The first-order valence-corrected chi connectivity index (χ1v) is 7.76. The van der Waals surface area contributed by atoms with Crippen molar-refractivity contribution >= 4 is 11.9 Å². The van der Waals surface area contributed by atoms with Crippen LogP contribution in [-0.2, 0) is 4.79 Å². The second-order valence-corrected chi connectivity index (χ2v) is 6.17. The van der Waals surface area contributed by atoms with Crippen molar-refractivity contribution in [2.45, 2.75) is 38.1 Å². The van der Waals surface area contributed by atoms with Crippen LogP contribution in [0.15, 0.2) is 30.5 Å². The number of amides is 1. The van der Waals surface area contributed by atoms with Gasteiger partial charge in [0.15, 0.2) is 0 Å². The van der Waals surface area contributed by atoms with E-state index in [1.807, 2.05) is 0 Å². The number of aromatic nitrogens is 2. The quantitative estimate of drug-likeness (QED) is 0.881. The molecule has 0 radical (unpaired) electrons. The average molecular weight is 331 g/mol. The molecule has 126 valence electrons. The lowest BCUT2D eigenvalue weighted by Crippen LogP contribution is -2.54. The summed E-state index contributed by atoms with van der Waals surface area (Å²) in [6, 6.07) is 6.17. The largest absolute Gasteiger partial charge is 0.481 e. The fourth-order valence-corrected chi connectivity index (χ4v) is 3.05. The van der Waals surface area contributed by atoms with E-state index in [-0.39, 0.29) is 18.0 Å². The Labute approximate surface area is 138 Å². The molecule has 0 unspecified atom stereocenters. The monoisotopic (exact) mass is 331 g/mol. The van der Waals surface area contributed by atoms with Crippen LogP contribution in [0.1, 0.15) is 41.7 Å². The maximum Gasteiger partial charge on any atom is 0.305 e. The number of hydrogen-bond acceptors (Lipinski definition) is 3. The number of rotatable bonds is 5. The van der Waals surface area contributed by atoms with Crippen molar-refractivity contribution in [3.05, 3.63) is 47.5 Å². The Morgan fingerprint density at radius 2 is 2.08 bits per heavy atom. The first kappa shape index (κ1) is 16.2. The van der Waals surface area contributed by atoms with Crippen LogP contribution in [0.2, 0.25) is 0 Å². The van der Waals surface area contributed by atoms with E-state index in [0.717, 1.165) is 6.42 Å². The molecule has 3 rings (SSSR count). The fourth-order valence-electron chi connectivity index (χ4n) is 3.05. The summed E-state index contributed by atoms with van der Waals surface area (Å²) in [5.41, 5.74) is 0.394. The Morgan fingerprint density at radius 1 is 1.38 bits per heavy atom. The molecule has 1 aliphatic carbocycles. The molecule has 7 heteroatoms. The van der Waals surface area contributed by atoms with E-state index in [9.17, 15) is 14.0 Å². The first-order chi connectivity index (χ1) is 11.4. The summed E-state index contributed by atoms with van der Waals surface area (Å²) < 4.78 is 15.3. The van der Waals surface area contributed by atoms with Gasteiger partial charge in [-0.25, -0.2) is 9.07 Å². The summed E-state index contributed by atoms with van der Waals surface area (Å²) in [6.07, 6.45) is 3.46. The predicted molar refractivity (Wildman–Crippen MR) is 84.6 cm³/mol. The number of nitrogens with zero attached hydrogens (tertiary/aromatic N) is 2. The molecule has 1 aliphatic rings. The Balaban J connectivity index is 1.84. The number of carboxylic acids is 1. The van der Waals surface area contributed by atoms with E-state index in [4.69, 9.17) is 5.11 Å². The normalized spacial score (nSPS) is 15.6. The minimum absolute atomic E-state index is 0.0980. The molecule has 0 atom stereocenters. The molecule has 0 bridgehead atoms. The molecule has 1 aromatic heterocycles. The third kappa shape index (κ3) is 2.89. The van der Waals surface area contributed by atoms with Crippen LogP contribution in [-0.4, -0.2) is 32.3 Å². The number of carbonyl (C=O) groups is 2. The van der Waals surface area contributed by atoms with Crippen LogP contribution in [0.5, 0.6) is 0 Å². The molecule has 2 aromatic rings. The van der Waals surface area contributed by atoms with Gasteiger partial charge < -0.3 is 10.4 Å². The van der Waals surface area contributed by atoms with E-state index in [1.165, 1.54) is 16.9 Å². The molecular formula is C17H18FN3O3. The summed E-state index contributed by atoms with van der Waals surface area (Å²) in [4.78, 5) is 23.5. The zero-order valence-corrected chi connectivity index (χ0v) is 13.3. The molecule has 1 fully saturated rings. The fraction of sp³-hybridized carbons (Fsp3) is 0.353. The van der Waals surface area contributed by atoms with Crippen molar-refractivity contribution in [1.29, 1.82) is 0 Å². The van der Waals surface area contributed by atoms with E-state index in [2.05, 4.69) is 10.4 Å². The van der Waals surface area contributed by atoms with Gasteiger partial charge in [-0.05, 0) is 38.3 Å². The number of para-hydroxylation sites is 1. The van der Waals surface area contributed by atoms with Crippen LogP contribution in [0.4, 0.5) is 4.39 Å². The van der Waals surface area contributed by atoms with Gasteiger partial charge in [-0.15, -0.1) is 0 Å². The second-order valence-electron chi connectivity index (χ2n) is 6.17. The van der Waals surface area contributed by atoms with E-state index >= 15 is 0 Å². The van der Waals surface area contributed by atoms with Crippen molar-refractivity contribution in [3.63, 3.8) is 0 Å². The number of hydrogen-bond donors (Lipinski definition) is 2. The van der Waals surface area contributed by atoms with Gasteiger partial charge in [0, 0.05) is 0 Å². The topological polar surface area (TPSA) is 84.2 Å². The zero-order valence-electron chi connectivity index (χ0n) is 13.3. The molecule has 2 N–H and O–H groups in total. The lowest BCUT2D eigenvalue weighted by molar-refractivity contribution is -0.139. The third-order valence-corrected chi connectivity index (χ3v) is 4.51. The maximum absolute atomic E-state index is 13.9. The van der Waals surface area contributed by atoms with Crippen molar-refractivity contribution < 1.29 is 19.1 Å². The highest BCUT2D eigenvalue weighted by molar-refractivity contribution is 5.96. The second kappa shape index (κ2) is 6.07. The van der Waals surface area contributed by atoms with Crippen LogP contribution in [0, 0.1) is 12.7 Å². The van der Waals surface area contributed by atoms with Crippen LogP contribution >= 0.6 is 0 Å². The minimum Gasteiger partial charge on any atom is -0.481 e. The van der Waals surface area contributed by atoms with Gasteiger partial charge in [0.25, 0.3) is 5.91 Å². The Kier molecular flexibility index (Phi) is 4.09. The van der Waals surface area contributed by atoms with Crippen molar-refractivity contribution in [3.8, 4) is 5.69 Å². The number of carbonyl (C=O) groups excluding carboxylic acids is 1. The van der Waals surface area contributed by atoms with E-state index in [1.54, 1.807) is 25.1 Å². The SMILES string of the molecule is Cc1c(C(=O)NC2(CC(=O)O)CCC2)cnn1-c1ccccc1F. The van der Waals surface area contributed by atoms with Crippen LogP contribution in [0.25, 0.3) is 5.69 Å². The molecule has 1 saturated carbocycles. The Hall–Kier alpha value is -2.70. The van der Waals surface area contributed by atoms with E-state index < -0.39 is 17.3 Å². The highest BCUT2D eigenvalue weighted by Gasteiger charge is 2.40. The minimum atomic E-state index is -0.936. The van der Waals surface area contributed by atoms with E-state index in [0.29, 0.717) is 24.1 Å². The number of nitrogens with one attached hydrogen (secondary N) is 1. The number of carboxylic acid groups (broad SMARTS) is 1. The Bertz CT molecular complexity index is 796. The third-order valence-electron chi connectivity index (χ3n) is 4.51. The van der Waals surface area contributed by atoms with Crippen LogP contribution in [0.3, 0.4) is 0 Å². The molecule has 0 aliphatic heterocycles. The first-order valence-electron chi connectivity index (χ1n) is 7.76. The lowest BCUT2D eigenvalue weighted by Gasteiger charge is -2.41. The molecule has 24 heavy (non-hydrogen) atoms. The summed E-state index contributed by atoms with van der Waals surface area (Å²) in [7, 11) is 0. The lowest BCUT2D eigenvalue weighted by atomic mass is 9.74. The zero-order chi connectivity index (χ0) is 17.3. The number of benzene rings is 1. The summed E-state index contributed by atoms with van der Waals surface area (Å²) in [6.45, 7) is 1.68. The smallest absolute Gasteiger partial charge is 0.305 e. The van der Waals surface area contributed by atoms with Gasteiger partial charge in [0.1, 0.15) is 11.5 Å². The molecule has 6 nitrogen and oxygen atoms in total. The average Bonchev–Trinajstić information content (AvgIpc) is 2.86. The van der Waals surface area contributed by atoms with Gasteiger partial charge in [-0.2, -0.15) is 5.10 Å². The predicted octanol–water partition coefficient (Wildman–Crippen LogP) is 2.45. The summed E-state index contributed by atoms with van der Waals surface area (Å²) >= 11 is 0. The summed E-state index contributed by atoms with van der Waals surface area (Å²) in [5, 5.41) is 16.0. The molecule has 1 aromatic carbocycles. The molecule has 0 spiro atoms. The van der Waals surface area contributed by atoms with Gasteiger partial charge >= 0.3 is 5.97 Å². The van der Waals surface area contributed by atoms with Crippen molar-refractivity contribution in [2.24, 2.45) is 0 Å². The molecular weight excluding hydrogens is 313 g/mol. The number of halogens is 1. The van der Waals surface area contributed by atoms with Gasteiger partial charge in [-0.3, -0.25) is 9.59 Å². The maximum atomic E-state index is 13.9. The molecule has 1 amide bonds. The molecule has 0 saturated heterocycles. The summed E-state index contributed by atoms with van der Waals surface area (Å²) in [5.74, 6) is -1.75. The Morgan fingerprint density at radius 3 is 2.67 bits per heavy atom.